The Balaban J connectivity index is 1.62. The van der Waals surface area contributed by atoms with Crippen LogP contribution in [0.15, 0.2) is 54.6 Å². The predicted molar refractivity (Wildman–Crippen MR) is 123 cm³/mol. The third-order valence-electron chi connectivity index (χ3n) is 5.72. The lowest BCUT2D eigenvalue weighted by Crippen LogP contribution is -2.48. The number of carbonyl (C=O) groups excluding carboxylic acids is 3. The van der Waals surface area contributed by atoms with E-state index in [4.69, 9.17) is 0 Å². The standard InChI is InChI=1S/C24H24N4O3S/c1-3-16(4-2)21-26-27-24(32-21)25-20(29)19(14-15-10-6-5-7-11-15)28-22(30)17-12-8-9-13-18(17)23(28)31/h5-13,16,19H,3-4,14H2,1-2H3,(H,25,27,29). The molecule has 1 aliphatic heterocycles. The molecule has 0 fully saturated rings. The fourth-order valence-electron chi connectivity index (χ4n) is 3.91. The number of rotatable bonds is 8. The predicted octanol–water partition coefficient (Wildman–Crippen LogP) is 4.29. The van der Waals surface area contributed by atoms with Crippen molar-refractivity contribution in [2.24, 2.45) is 0 Å². The van der Waals surface area contributed by atoms with E-state index in [-0.39, 0.29) is 12.3 Å². The summed E-state index contributed by atoms with van der Waals surface area (Å²) in [5.74, 6) is -1.10. The third kappa shape index (κ3) is 4.18. The van der Waals surface area contributed by atoms with E-state index < -0.39 is 23.8 Å². The zero-order chi connectivity index (χ0) is 22.7. The van der Waals surface area contributed by atoms with Crippen molar-refractivity contribution in [1.29, 1.82) is 0 Å². The molecule has 0 aliphatic carbocycles. The van der Waals surface area contributed by atoms with Crippen molar-refractivity contribution in [3.05, 3.63) is 76.3 Å². The highest BCUT2D eigenvalue weighted by atomic mass is 32.1. The van der Waals surface area contributed by atoms with Crippen LogP contribution in [-0.2, 0) is 11.2 Å². The van der Waals surface area contributed by atoms with Gasteiger partial charge >= 0.3 is 0 Å². The Bertz CT molecular complexity index is 1110. The maximum absolute atomic E-state index is 13.3. The van der Waals surface area contributed by atoms with Crippen molar-refractivity contribution in [2.45, 2.75) is 45.1 Å². The Morgan fingerprint density at radius 1 is 0.938 bits per heavy atom. The molecule has 3 aromatic rings. The number of aromatic nitrogens is 2. The number of imide groups is 1. The normalized spacial score (nSPS) is 14.0. The molecule has 7 nitrogen and oxygen atoms in total. The molecule has 1 atom stereocenters. The molecule has 164 valence electrons. The van der Waals surface area contributed by atoms with Crippen LogP contribution >= 0.6 is 11.3 Å². The van der Waals surface area contributed by atoms with Crippen molar-refractivity contribution in [1.82, 2.24) is 15.1 Å². The highest BCUT2D eigenvalue weighted by Crippen LogP contribution is 2.30. The van der Waals surface area contributed by atoms with Gasteiger partial charge in [0.1, 0.15) is 11.0 Å². The van der Waals surface area contributed by atoms with E-state index in [2.05, 4.69) is 29.4 Å². The topological polar surface area (TPSA) is 92.3 Å². The van der Waals surface area contributed by atoms with Crippen molar-refractivity contribution in [2.75, 3.05) is 5.32 Å². The number of benzene rings is 2. The SMILES string of the molecule is CCC(CC)c1nnc(NC(=O)C(Cc2ccccc2)N2C(=O)c3ccccc3C2=O)s1. The molecule has 4 rings (SSSR count). The molecule has 0 radical (unpaired) electrons. The van der Waals surface area contributed by atoms with E-state index in [0.29, 0.717) is 16.3 Å². The van der Waals surface area contributed by atoms with Crippen LogP contribution in [0.5, 0.6) is 0 Å². The second kappa shape index (κ2) is 9.40. The highest BCUT2D eigenvalue weighted by Gasteiger charge is 2.42. The molecule has 8 heteroatoms. The third-order valence-corrected chi connectivity index (χ3v) is 6.72. The van der Waals surface area contributed by atoms with Gasteiger partial charge in [0.15, 0.2) is 0 Å². The minimum atomic E-state index is -1.01. The quantitative estimate of drug-likeness (QED) is 0.519. The maximum atomic E-state index is 13.3. The zero-order valence-electron chi connectivity index (χ0n) is 17.9. The molecule has 0 spiro atoms. The van der Waals surface area contributed by atoms with E-state index in [1.807, 2.05) is 30.3 Å². The first-order chi connectivity index (χ1) is 15.5. The lowest BCUT2D eigenvalue weighted by atomic mass is 10.0. The van der Waals surface area contributed by atoms with Gasteiger partial charge in [0.25, 0.3) is 11.8 Å². The number of hydrogen-bond acceptors (Lipinski definition) is 6. The first kappa shape index (κ1) is 21.8. The van der Waals surface area contributed by atoms with Crippen molar-refractivity contribution >= 4 is 34.2 Å². The molecule has 3 amide bonds. The molecule has 2 aromatic carbocycles. The van der Waals surface area contributed by atoms with Gasteiger partial charge in [-0.2, -0.15) is 0 Å². The van der Waals surface area contributed by atoms with E-state index in [9.17, 15) is 14.4 Å². The summed E-state index contributed by atoms with van der Waals surface area (Å²) < 4.78 is 0. The van der Waals surface area contributed by atoms with Crippen molar-refractivity contribution in [3.8, 4) is 0 Å². The lowest BCUT2D eigenvalue weighted by Gasteiger charge is -2.25. The fourth-order valence-corrected chi connectivity index (χ4v) is 4.92. The summed E-state index contributed by atoms with van der Waals surface area (Å²) in [6, 6.07) is 15.0. The number of anilines is 1. The van der Waals surface area contributed by atoms with Gasteiger partial charge in [0.2, 0.25) is 11.0 Å². The number of carbonyl (C=O) groups is 3. The van der Waals surface area contributed by atoms with E-state index in [1.165, 1.54) is 11.3 Å². The Hall–Kier alpha value is -3.39. The summed E-state index contributed by atoms with van der Waals surface area (Å²) >= 11 is 1.33. The van der Waals surface area contributed by atoms with Crippen LogP contribution in [0.25, 0.3) is 0 Å². The average Bonchev–Trinajstić information content (AvgIpc) is 3.37. The molecule has 0 saturated heterocycles. The minimum Gasteiger partial charge on any atom is -0.299 e. The fraction of sp³-hybridized carbons (Fsp3) is 0.292. The van der Waals surface area contributed by atoms with Crippen LogP contribution in [0.1, 0.15) is 63.9 Å². The molecule has 1 unspecified atom stereocenters. The van der Waals surface area contributed by atoms with Gasteiger partial charge in [-0.25, -0.2) is 0 Å². The summed E-state index contributed by atoms with van der Waals surface area (Å²) in [7, 11) is 0. The first-order valence-electron chi connectivity index (χ1n) is 10.7. The Labute approximate surface area is 190 Å². The second-order valence-electron chi connectivity index (χ2n) is 7.68. The van der Waals surface area contributed by atoms with Gasteiger partial charge in [-0.1, -0.05) is 67.6 Å². The number of nitrogens with zero attached hydrogens (tertiary/aromatic N) is 3. The first-order valence-corrected chi connectivity index (χ1v) is 11.5. The summed E-state index contributed by atoms with van der Waals surface area (Å²) in [5.41, 5.74) is 1.48. The molecule has 0 saturated carbocycles. The van der Waals surface area contributed by atoms with Crippen molar-refractivity contribution < 1.29 is 14.4 Å². The minimum absolute atomic E-state index is 0.205. The van der Waals surface area contributed by atoms with Gasteiger partial charge in [-0.15, -0.1) is 10.2 Å². The van der Waals surface area contributed by atoms with Crippen LogP contribution in [0.4, 0.5) is 5.13 Å². The smallest absolute Gasteiger partial charge is 0.262 e. The Morgan fingerprint density at radius 3 is 2.12 bits per heavy atom. The van der Waals surface area contributed by atoms with Gasteiger partial charge in [0, 0.05) is 12.3 Å². The maximum Gasteiger partial charge on any atom is 0.262 e. The second-order valence-corrected chi connectivity index (χ2v) is 8.69. The molecule has 2 heterocycles. The lowest BCUT2D eigenvalue weighted by molar-refractivity contribution is -0.119. The van der Waals surface area contributed by atoms with E-state index in [0.717, 1.165) is 28.3 Å². The summed E-state index contributed by atoms with van der Waals surface area (Å²) in [5, 5.41) is 12.4. The largest absolute Gasteiger partial charge is 0.299 e. The molecule has 32 heavy (non-hydrogen) atoms. The van der Waals surface area contributed by atoms with Gasteiger partial charge in [-0.05, 0) is 30.5 Å². The van der Waals surface area contributed by atoms with E-state index in [1.54, 1.807) is 24.3 Å². The molecular formula is C24H24N4O3S. The van der Waals surface area contributed by atoms with Gasteiger partial charge in [0.05, 0.1) is 11.1 Å². The Morgan fingerprint density at radius 2 is 1.53 bits per heavy atom. The van der Waals surface area contributed by atoms with Crippen LogP contribution in [0.2, 0.25) is 0 Å². The van der Waals surface area contributed by atoms with Crippen molar-refractivity contribution in [3.63, 3.8) is 0 Å². The van der Waals surface area contributed by atoms with Crippen LogP contribution < -0.4 is 5.32 Å². The van der Waals surface area contributed by atoms with E-state index >= 15 is 0 Å². The van der Waals surface area contributed by atoms with Crippen LogP contribution in [0.3, 0.4) is 0 Å². The van der Waals surface area contributed by atoms with Crippen LogP contribution in [0, 0.1) is 0 Å². The molecule has 1 aliphatic rings. The number of hydrogen-bond donors (Lipinski definition) is 1. The molecule has 1 aromatic heterocycles. The number of amides is 3. The zero-order valence-corrected chi connectivity index (χ0v) is 18.8. The summed E-state index contributed by atoms with van der Waals surface area (Å²) in [4.78, 5) is 40.5. The Kier molecular flexibility index (Phi) is 6.41. The molecular weight excluding hydrogens is 424 g/mol. The summed E-state index contributed by atoms with van der Waals surface area (Å²) in [6.07, 6.45) is 2.08. The monoisotopic (exact) mass is 448 g/mol. The van der Waals surface area contributed by atoms with Gasteiger partial charge in [-0.3, -0.25) is 24.6 Å². The molecule has 0 bridgehead atoms. The molecule has 1 N–H and O–H groups in total. The number of fused-ring (bicyclic) bond motifs is 1. The van der Waals surface area contributed by atoms with Crippen LogP contribution in [-0.4, -0.2) is 38.9 Å². The summed E-state index contributed by atoms with van der Waals surface area (Å²) in [6.45, 7) is 4.18. The highest BCUT2D eigenvalue weighted by molar-refractivity contribution is 7.15. The van der Waals surface area contributed by atoms with Gasteiger partial charge < -0.3 is 0 Å². The average molecular weight is 449 g/mol. The number of nitrogens with one attached hydrogen (secondary N) is 1.